The van der Waals surface area contributed by atoms with Gasteiger partial charge in [0.25, 0.3) is 0 Å². The van der Waals surface area contributed by atoms with Crippen LogP contribution in [0.2, 0.25) is 0 Å². The van der Waals surface area contributed by atoms with E-state index < -0.39 is 10.0 Å². The molecule has 0 spiro atoms. The van der Waals surface area contributed by atoms with Crippen LogP contribution in [0.3, 0.4) is 0 Å². The summed E-state index contributed by atoms with van der Waals surface area (Å²) in [6.07, 6.45) is 0.553. The van der Waals surface area contributed by atoms with Gasteiger partial charge in [-0.15, -0.1) is 0 Å². The zero-order valence-corrected chi connectivity index (χ0v) is 20.6. The van der Waals surface area contributed by atoms with Gasteiger partial charge in [0.05, 0.1) is 31.8 Å². The van der Waals surface area contributed by atoms with E-state index in [1.54, 1.807) is 12.1 Å². The largest absolute Gasteiger partial charge is 0.496 e. The Morgan fingerprint density at radius 3 is 2.60 bits per heavy atom. The van der Waals surface area contributed by atoms with Gasteiger partial charge in [0, 0.05) is 24.9 Å². The number of fused-ring (bicyclic) bond motifs is 1. The fourth-order valence-corrected chi connectivity index (χ4v) is 5.52. The average molecular weight is 499 g/mol. The first-order chi connectivity index (χ1) is 17.0. The Hall–Kier alpha value is -3.14. The fraction of sp³-hybridized carbons (Fsp3) is 0.346. The fourth-order valence-electron chi connectivity index (χ4n) is 4.06. The van der Waals surface area contributed by atoms with Crippen LogP contribution in [0.15, 0.2) is 65.6 Å². The standard InChI is InChI=1S/C26H30N2O6S/c1-32-24-11-10-22(35(30,31)28-14-17-33-18-15-28)19-21(24)9-12-26(29)27-13-16-34-25-8-4-6-20-5-2-3-7-23(20)25/h2-8,10-11,19H,9,12-18H2,1H3,(H,27,29). The van der Waals surface area contributed by atoms with Crippen LogP contribution in [0.5, 0.6) is 11.5 Å². The molecule has 1 saturated heterocycles. The molecule has 9 heteroatoms. The summed E-state index contributed by atoms with van der Waals surface area (Å²) in [6, 6.07) is 18.6. The van der Waals surface area contributed by atoms with E-state index in [1.807, 2.05) is 42.5 Å². The third-order valence-corrected chi connectivity index (χ3v) is 7.81. The highest BCUT2D eigenvalue weighted by molar-refractivity contribution is 7.89. The third-order valence-electron chi connectivity index (χ3n) is 5.91. The first-order valence-electron chi connectivity index (χ1n) is 11.6. The molecule has 1 aliphatic rings. The molecule has 0 radical (unpaired) electrons. The first-order valence-corrected chi connectivity index (χ1v) is 13.0. The number of rotatable bonds is 10. The summed E-state index contributed by atoms with van der Waals surface area (Å²) in [5.41, 5.74) is 0.670. The minimum atomic E-state index is -3.63. The molecule has 1 N–H and O–H groups in total. The molecular weight excluding hydrogens is 468 g/mol. The Morgan fingerprint density at radius 1 is 1.03 bits per heavy atom. The number of hydrogen-bond donors (Lipinski definition) is 1. The lowest BCUT2D eigenvalue weighted by atomic mass is 10.1. The molecule has 186 valence electrons. The number of carbonyl (C=O) groups excluding carboxylic acids is 1. The molecule has 4 rings (SSSR count). The Balaban J connectivity index is 1.31. The normalized spacial score (nSPS) is 14.5. The lowest BCUT2D eigenvalue weighted by molar-refractivity contribution is -0.121. The number of nitrogens with zero attached hydrogens (tertiary/aromatic N) is 1. The molecule has 1 heterocycles. The summed E-state index contributed by atoms with van der Waals surface area (Å²) >= 11 is 0. The Morgan fingerprint density at radius 2 is 1.80 bits per heavy atom. The van der Waals surface area contributed by atoms with E-state index in [2.05, 4.69) is 5.32 Å². The van der Waals surface area contributed by atoms with Gasteiger partial charge >= 0.3 is 0 Å². The quantitative estimate of drug-likeness (QED) is 0.432. The van der Waals surface area contributed by atoms with Gasteiger partial charge in [-0.2, -0.15) is 4.31 Å². The second-order valence-corrected chi connectivity index (χ2v) is 10.1. The van der Waals surface area contributed by atoms with Gasteiger partial charge in [0.15, 0.2) is 0 Å². The lowest BCUT2D eigenvalue weighted by Gasteiger charge is -2.26. The monoisotopic (exact) mass is 498 g/mol. The van der Waals surface area contributed by atoms with Crippen molar-refractivity contribution in [1.29, 1.82) is 0 Å². The third kappa shape index (κ3) is 6.11. The first kappa shape index (κ1) is 25.0. The Bertz CT molecular complexity index is 1270. The average Bonchev–Trinajstić information content (AvgIpc) is 2.90. The van der Waals surface area contributed by atoms with Gasteiger partial charge < -0.3 is 19.5 Å². The van der Waals surface area contributed by atoms with Crippen molar-refractivity contribution in [2.75, 3.05) is 46.6 Å². The van der Waals surface area contributed by atoms with Gasteiger partial charge in [-0.1, -0.05) is 36.4 Å². The van der Waals surface area contributed by atoms with Crippen molar-refractivity contribution in [3.63, 3.8) is 0 Å². The van der Waals surface area contributed by atoms with Crippen molar-refractivity contribution >= 4 is 26.7 Å². The number of carbonyl (C=O) groups is 1. The number of hydrogen-bond acceptors (Lipinski definition) is 6. The minimum Gasteiger partial charge on any atom is -0.496 e. The van der Waals surface area contributed by atoms with Crippen molar-refractivity contribution in [2.24, 2.45) is 0 Å². The number of amides is 1. The molecule has 0 aromatic heterocycles. The van der Waals surface area contributed by atoms with Crippen molar-refractivity contribution < 1.29 is 27.4 Å². The maximum absolute atomic E-state index is 13.0. The highest BCUT2D eigenvalue weighted by atomic mass is 32.2. The van der Waals surface area contributed by atoms with Crippen LogP contribution in [-0.4, -0.2) is 65.2 Å². The predicted molar refractivity (Wildman–Crippen MR) is 133 cm³/mol. The molecular formula is C26H30N2O6S. The summed E-state index contributed by atoms with van der Waals surface area (Å²) in [7, 11) is -2.10. The molecule has 0 atom stereocenters. The van der Waals surface area contributed by atoms with Crippen molar-refractivity contribution in [2.45, 2.75) is 17.7 Å². The number of morpholine rings is 1. The second-order valence-electron chi connectivity index (χ2n) is 8.17. The lowest BCUT2D eigenvalue weighted by Crippen LogP contribution is -2.40. The topological polar surface area (TPSA) is 94.2 Å². The van der Waals surface area contributed by atoms with Gasteiger partial charge in [-0.05, 0) is 41.6 Å². The summed E-state index contributed by atoms with van der Waals surface area (Å²) in [5, 5.41) is 4.99. The molecule has 0 saturated carbocycles. The van der Waals surface area contributed by atoms with Crippen LogP contribution in [0, 0.1) is 0 Å². The van der Waals surface area contributed by atoms with Crippen LogP contribution >= 0.6 is 0 Å². The molecule has 1 fully saturated rings. The Kier molecular flexibility index (Phi) is 8.22. The SMILES string of the molecule is COc1ccc(S(=O)(=O)N2CCOCC2)cc1CCC(=O)NCCOc1cccc2ccccc12. The summed E-state index contributed by atoms with van der Waals surface area (Å²) < 4.78 is 43.9. The summed E-state index contributed by atoms with van der Waals surface area (Å²) in [4.78, 5) is 12.6. The molecule has 0 bridgehead atoms. The molecule has 3 aromatic rings. The molecule has 1 aliphatic heterocycles. The Labute approximate surface area is 205 Å². The predicted octanol–water partition coefficient (Wildman–Crippen LogP) is 3.00. The maximum Gasteiger partial charge on any atom is 0.243 e. The van der Waals surface area contributed by atoms with E-state index in [0.29, 0.717) is 57.2 Å². The van der Waals surface area contributed by atoms with Crippen molar-refractivity contribution in [3.8, 4) is 11.5 Å². The molecule has 3 aromatic carbocycles. The number of sulfonamides is 1. The van der Waals surface area contributed by atoms with E-state index in [1.165, 1.54) is 17.5 Å². The molecule has 0 aliphatic carbocycles. The molecule has 35 heavy (non-hydrogen) atoms. The van der Waals surface area contributed by atoms with Crippen LogP contribution < -0.4 is 14.8 Å². The smallest absolute Gasteiger partial charge is 0.243 e. The van der Waals surface area contributed by atoms with E-state index >= 15 is 0 Å². The number of aryl methyl sites for hydroxylation is 1. The number of ether oxygens (including phenoxy) is 3. The van der Waals surface area contributed by atoms with E-state index in [0.717, 1.165) is 16.5 Å². The van der Waals surface area contributed by atoms with Gasteiger partial charge in [-0.3, -0.25) is 4.79 Å². The van der Waals surface area contributed by atoms with E-state index in [9.17, 15) is 13.2 Å². The summed E-state index contributed by atoms with van der Waals surface area (Å²) in [5.74, 6) is 1.19. The van der Waals surface area contributed by atoms with E-state index in [4.69, 9.17) is 14.2 Å². The van der Waals surface area contributed by atoms with Gasteiger partial charge in [0.1, 0.15) is 18.1 Å². The highest BCUT2D eigenvalue weighted by Gasteiger charge is 2.27. The van der Waals surface area contributed by atoms with E-state index in [-0.39, 0.29) is 17.2 Å². The summed E-state index contributed by atoms with van der Waals surface area (Å²) in [6.45, 7) is 2.13. The zero-order chi connectivity index (χ0) is 24.7. The molecule has 0 unspecified atom stereocenters. The van der Waals surface area contributed by atoms with Crippen LogP contribution in [-0.2, 0) is 26.0 Å². The van der Waals surface area contributed by atoms with Crippen LogP contribution in [0.4, 0.5) is 0 Å². The van der Waals surface area contributed by atoms with Crippen molar-refractivity contribution in [3.05, 3.63) is 66.2 Å². The van der Waals surface area contributed by atoms with Crippen LogP contribution in [0.25, 0.3) is 10.8 Å². The highest BCUT2D eigenvalue weighted by Crippen LogP contribution is 2.27. The zero-order valence-electron chi connectivity index (χ0n) is 19.7. The number of nitrogens with one attached hydrogen (secondary N) is 1. The second kappa shape index (κ2) is 11.5. The van der Waals surface area contributed by atoms with Gasteiger partial charge in [-0.25, -0.2) is 8.42 Å². The molecule has 8 nitrogen and oxygen atoms in total. The minimum absolute atomic E-state index is 0.144. The molecule has 1 amide bonds. The van der Waals surface area contributed by atoms with Gasteiger partial charge in [0.2, 0.25) is 15.9 Å². The van der Waals surface area contributed by atoms with Crippen molar-refractivity contribution in [1.82, 2.24) is 9.62 Å². The maximum atomic E-state index is 13.0. The number of benzene rings is 3. The number of methoxy groups -OCH3 is 1. The van der Waals surface area contributed by atoms with Crippen LogP contribution in [0.1, 0.15) is 12.0 Å².